The van der Waals surface area contributed by atoms with Crippen LogP contribution in [0.2, 0.25) is 0 Å². The predicted octanol–water partition coefficient (Wildman–Crippen LogP) is 3.22. The minimum atomic E-state index is -0.614. The van der Waals surface area contributed by atoms with Crippen molar-refractivity contribution >= 4 is 17.3 Å². The molecule has 2 fully saturated rings. The highest BCUT2D eigenvalue weighted by Gasteiger charge is 2.48. The van der Waals surface area contributed by atoms with Gasteiger partial charge in [-0.3, -0.25) is 14.8 Å². The Bertz CT molecular complexity index is 679. The number of carbonyl (C=O) groups is 1. The lowest BCUT2D eigenvalue weighted by atomic mass is 9.57. The third-order valence-electron chi connectivity index (χ3n) is 5.55. The number of aliphatic carboxylic acids is 1. The molecule has 0 bridgehead atoms. The van der Waals surface area contributed by atoms with Gasteiger partial charge in [-0.05, 0) is 55.6 Å². The summed E-state index contributed by atoms with van der Waals surface area (Å²) in [5, 5.41) is 20.6. The van der Waals surface area contributed by atoms with E-state index in [4.69, 9.17) is 5.11 Å². The van der Waals surface area contributed by atoms with Gasteiger partial charge >= 0.3 is 5.97 Å². The molecule has 1 saturated carbocycles. The molecule has 2 aliphatic rings. The molecule has 0 radical (unpaired) electrons. The summed E-state index contributed by atoms with van der Waals surface area (Å²) >= 11 is 1.70. The molecule has 1 spiro atoms. The van der Waals surface area contributed by atoms with Crippen molar-refractivity contribution in [3.63, 3.8) is 0 Å². The van der Waals surface area contributed by atoms with Crippen LogP contribution in [0.5, 0.6) is 0 Å². The zero-order valence-electron chi connectivity index (χ0n) is 13.0. The summed E-state index contributed by atoms with van der Waals surface area (Å²) in [7, 11) is 0. The lowest BCUT2D eigenvalue weighted by Gasteiger charge is -2.51. The molecule has 0 atom stereocenters. The van der Waals surface area contributed by atoms with E-state index < -0.39 is 5.97 Å². The van der Waals surface area contributed by atoms with Crippen LogP contribution in [0.25, 0.3) is 11.3 Å². The predicted molar refractivity (Wildman–Crippen MR) is 89.2 cm³/mol. The Morgan fingerprint density at radius 2 is 2.22 bits per heavy atom. The van der Waals surface area contributed by atoms with Gasteiger partial charge in [-0.2, -0.15) is 16.4 Å². The summed E-state index contributed by atoms with van der Waals surface area (Å²) in [5.41, 5.74) is 3.89. The molecule has 0 aromatic carbocycles. The lowest BCUT2D eigenvalue weighted by Crippen LogP contribution is -2.48. The summed E-state index contributed by atoms with van der Waals surface area (Å²) in [4.78, 5) is 13.5. The van der Waals surface area contributed by atoms with E-state index in [-0.39, 0.29) is 5.92 Å². The zero-order valence-corrected chi connectivity index (χ0v) is 13.8. The third kappa shape index (κ3) is 2.81. The number of carboxylic acids is 1. The molecule has 2 aromatic heterocycles. The molecular formula is C17H21N3O2S. The summed E-state index contributed by atoms with van der Waals surface area (Å²) in [5.74, 6) is -0.711. The van der Waals surface area contributed by atoms with Gasteiger partial charge in [0, 0.05) is 23.1 Å². The largest absolute Gasteiger partial charge is 0.481 e. The highest BCUT2D eigenvalue weighted by Crippen LogP contribution is 2.52. The zero-order chi connectivity index (χ0) is 15.9. The van der Waals surface area contributed by atoms with Crippen molar-refractivity contribution in [1.82, 2.24) is 15.1 Å². The Morgan fingerprint density at radius 1 is 1.43 bits per heavy atom. The Balaban J connectivity index is 1.36. The molecule has 122 valence electrons. The minimum Gasteiger partial charge on any atom is -0.481 e. The van der Waals surface area contributed by atoms with E-state index >= 15 is 0 Å². The van der Waals surface area contributed by atoms with E-state index in [1.54, 1.807) is 11.3 Å². The Morgan fingerprint density at radius 3 is 2.87 bits per heavy atom. The number of nitrogens with zero attached hydrogens (tertiary/aromatic N) is 2. The fourth-order valence-corrected chi connectivity index (χ4v) is 4.73. The minimum absolute atomic E-state index is 0.0967. The van der Waals surface area contributed by atoms with Crippen molar-refractivity contribution in [3.05, 3.63) is 28.6 Å². The number of thiophene rings is 1. The Kier molecular flexibility index (Phi) is 3.73. The third-order valence-corrected chi connectivity index (χ3v) is 6.23. The second-order valence-electron chi connectivity index (χ2n) is 7.00. The standard InChI is InChI=1S/C17H21N3O2S/c21-16(22)13-7-17(8-13)2-4-20(5-3-17)10-14-9-18-19-15(14)12-1-6-23-11-12/h1,6,9,11,13H,2-5,7-8,10H2,(H,18,19)(H,21,22). The van der Waals surface area contributed by atoms with Crippen LogP contribution in [0.3, 0.4) is 0 Å². The second-order valence-corrected chi connectivity index (χ2v) is 7.78. The number of carboxylic acid groups (broad SMARTS) is 1. The molecule has 1 aliphatic carbocycles. The molecule has 4 rings (SSSR count). The average Bonchev–Trinajstić information content (AvgIpc) is 3.16. The van der Waals surface area contributed by atoms with Crippen molar-refractivity contribution in [2.45, 2.75) is 32.2 Å². The Labute approximate surface area is 139 Å². The van der Waals surface area contributed by atoms with Crippen molar-refractivity contribution in [2.75, 3.05) is 13.1 Å². The molecule has 2 aromatic rings. The number of aromatic nitrogens is 2. The van der Waals surface area contributed by atoms with Crippen LogP contribution in [0.15, 0.2) is 23.0 Å². The van der Waals surface area contributed by atoms with Crippen LogP contribution in [0.1, 0.15) is 31.2 Å². The van der Waals surface area contributed by atoms with Crippen molar-refractivity contribution in [1.29, 1.82) is 0 Å². The van der Waals surface area contributed by atoms with E-state index in [9.17, 15) is 4.79 Å². The molecule has 3 heterocycles. The first-order valence-corrected chi connectivity index (χ1v) is 9.09. The monoisotopic (exact) mass is 331 g/mol. The fraction of sp³-hybridized carbons (Fsp3) is 0.529. The van der Waals surface area contributed by atoms with Crippen LogP contribution >= 0.6 is 11.3 Å². The number of piperidine rings is 1. The van der Waals surface area contributed by atoms with E-state index in [1.165, 1.54) is 11.1 Å². The van der Waals surface area contributed by atoms with Crippen LogP contribution in [-0.2, 0) is 11.3 Å². The molecular weight excluding hydrogens is 310 g/mol. The number of nitrogens with one attached hydrogen (secondary N) is 1. The fourth-order valence-electron chi connectivity index (χ4n) is 4.08. The molecule has 0 unspecified atom stereocenters. The topological polar surface area (TPSA) is 69.2 Å². The number of likely N-dealkylation sites (tertiary alicyclic amines) is 1. The summed E-state index contributed by atoms with van der Waals surface area (Å²) in [6, 6.07) is 2.12. The van der Waals surface area contributed by atoms with Gasteiger partial charge in [0.15, 0.2) is 0 Å². The molecule has 23 heavy (non-hydrogen) atoms. The smallest absolute Gasteiger partial charge is 0.306 e. The van der Waals surface area contributed by atoms with Crippen LogP contribution < -0.4 is 0 Å². The number of hydrogen-bond acceptors (Lipinski definition) is 4. The molecule has 5 nitrogen and oxygen atoms in total. The highest BCUT2D eigenvalue weighted by atomic mass is 32.1. The maximum atomic E-state index is 11.0. The molecule has 0 amide bonds. The molecule has 1 saturated heterocycles. The van der Waals surface area contributed by atoms with Crippen molar-refractivity contribution in [3.8, 4) is 11.3 Å². The molecule has 6 heteroatoms. The van der Waals surface area contributed by atoms with Crippen molar-refractivity contribution in [2.24, 2.45) is 11.3 Å². The van der Waals surface area contributed by atoms with Gasteiger partial charge in [-0.15, -0.1) is 0 Å². The number of hydrogen-bond donors (Lipinski definition) is 2. The van der Waals surface area contributed by atoms with Gasteiger partial charge in [0.05, 0.1) is 17.8 Å². The summed E-state index contributed by atoms with van der Waals surface area (Å²) in [6.07, 6.45) is 5.94. The van der Waals surface area contributed by atoms with E-state index in [1.807, 2.05) is 6.20 Å². The maximum Gasteiger partial charge on any atom is 0.306 e. The van der Waals surface area contributed by atoms with Gasteiger partial charge in [-0.1, -0.05) is 0 Å². The van der Waals surface area contributed by atoms with E-state index in [0.29, 0.717) is 5.41 Å². The van der Waals surface area contributed by atoms with Gasteiger partial charge < -0.3 is 5.11 Å². The van der Waals surface area contributed by atoms with E-state index in [2.05, 4.69) is 31.9 Å². The van der Waals surface area contributed by atoms with Gasteiger partial charge in [0.25, 0.3) is 0 Å². The first kappa shape index (κ1) is 14.9. The normalized spacial score (nSPS) is 21.4. The number of aromatic amines is 1. The van der Waals surface area contributed by atoms with Crippen LogP contribution in [-0.4, -0.2) is 39.3 Å². The summed E-state index contributed by atoms with van der Waals surface area (Å²) in [6.45, 7) is 3.03. The first-order chi connectivity index (χ1) is 11.2. The molecule has 1 aliphatic heterocycles. The van der Waals surface area contributed by atoms with E-state index in [0.717, 1.165) is 51.0 Å². The van der Waals surface area contributed by atoms with Gasteiger partial charge in [0.2, 0.25) is 0 Å². The van der Waals surface area contributed by atoms with Crippen LogP contribution in [0, 0.1) is 11.3 Å². The first-order valence-electron chi connectivity index (χ1n) is 8.15. The van der Waals surface area contributed by atoms with Crippen LogP contribution in [0.4, 0.5) is 0 Å². The summed E-state index contributed by atoms with van der Waals surface area (Å²) < 4.78 is 0. The SMILES string of the molecule is O=C(O)C1CC2(CCN(Cc3cn[nH]c3-c3ccsc3)CC2)C1. The van der Waals surface area contributed by atoms with Crippen molar-refractivity contribution < 1.29 is 9.90 Å². The lowest BCUT2D eigenvalue weighted by molar-refractivity contribution is -0.152. The quantitative estimate of drug-likeness (QED) is 0.902. The van der Waals surface area contributed by atoms with Gasteiger partial charge in [-0.25, -0.2) is 0 Å². The highest BCUT2D eigenvalue weighted by molar-refractivity contribution is 7.08. The molecule has 2 N–H and O–H groups in total. The maximum absolute atomic E-state index is 11.0. The van der Waals surface area contributed by atoms with Gasteiger partial charge in [0.1, 0.15) is 0 Å². The Hall–Kier alpha value is -1.66. The average molecular weight is 331 g/mol. The number of H-pyrrole nitrogens is 1. The number of rotatable bonds is 4. The second kappa shape index (κ2) is 5.76.